The van der Waals surface area contributed by atoms with E-state index in [4.69, 9.17) is 15.6 Å². The number of nitrogen functional groups attached to an aromatic ring is 1. The summed E-state index contributed by atoms with van der Waals surface area (Å²) in [5.74, 6) is -2.18. The summed E-state index contributed by atoms with van der Waals surface area (Å²) in [6, 6.07) is 0. The van der Waals surface area contributed by atoms with Crippen molar-refractivity contribution >= 4 is 34.2 Å². The monoisotopic (exact) mass is 409 g/mol. The van der Waals surface area contributed by atoms with Gasteiger partial charge < -0.3 is 30.9 Å². The Morgan fingerprint density at radius 2 is 2.10 bits per heavy atom. The Hall–Kier alpha value is -0.990. The van der Waals surface area contributed by atoms with E-state index in [1.54, 1.807) is 22.6 Å². The maximum absolute atomic E-state index is 10.7. The van der Waals surface area contributed by atoms with E-state index in [2.05, 4.69) is 20.2 Å². The second kappa shape index (κ2) is 4.76. The number of hydrogen-bond acceptors (Lipinski definition) is 10. The number of anilines is 1. The van der Waals surface area contributed by atoms with Gasteiger partial charge in [-0.25, -0.2) is 9.97 Å². The number of halogens is 1. The van der Waals surface area contributed by atoms with Crippen LogP contribution in [0.3, 0.4) is 0 Å². The van der Waals surface area contributed by atoms with E-state index in [1.807, 2.05) is 0 Å². The van der Waals surface area contributed by atoms with Gasteiger partial charge in [0.25, 0.3) is 0 Å². The molecule has 0 radical (unpaired) electrons. The predicted octanol–water partition coefficient (Wildman–Crippen LogP) is -1.45. The van der Waals surface area contributed by atoms with E-state index in [9.17, 15) is 15.3 Å². The summed E-state index contributed by atoms with van der Waals surface area (Å²) in [7, 11) is 0. The van der Waals surface area contributed by atoms with Gasteiger partial charge in [-0.1, -0.05) is 0 Å². The van der Waals surface area contributed by atoms with Crippen molar-refractivity contribution < 1.29 is 25.2 Å². The molecule has 1 aromatic heterocycles. The van der Waals surface area contributed by atoms with Crippen LogP contribution in [0, 0.1) is 0 Å². The highest BCUT2D eigenvalue weighted by atomic mass is 127. The molecule has 21 heavy (non-hydrogen) atoms. The minimum atomic E-state index is -2.34. The molecule has 0 amide bonds. The van der Waals surface area contributed by atoms with Crippen molar-refractivity contribution in [2.45, 2.75) is 27.6 Å². The number of aliphatic hydroxyl groups is 4. The Morgan fingerprint density at radius 3 is 2.71 bits per heavy atom. The lowest BCUT2D eigenvalue weighted by molar-refractivity contribution is -0.247. The molecular formula is C10H12IN5O5. The molecule has 0 bridgehead atoms. The zero-order chi connectivity index (χ0) is 15.4. The number of aliphatic hydroxyl groups excluding tert-OH is 3. The highest BCUT2D eigenvalue weighted by Crippen LogP contribution is 2.56. The molecule has 1 aromatic rings. The summed E-state index contributed by atoms with van der Waals surface area (Å²) in [5.41, 5.74) is 5.96. The topological polar surface area (TPSA) is 167 Å². The molecule has 0 aliphatic carbocycles. The number of nitrogens with zero attached hydrogens (tertiary/aromatic N) is 4. The Labute approximate surface area is 131 Å². The fourth-order valence-corrected chi connectivity index (χ4v) is 3.50. The minimum absolute atomic E-state index is 0.0190. The van der Waals surface area contributed by atoms with Crippen molar-refractivity contribution in [2.24, 2.45) is 10.2 Å². The molecule has 2 aliphatic rings. The zero-order valence-corrected chi connectivity index (χ0v) is 12.6. The van der Waals surface area contributed by atoms with Gasteiger partial charge in [0.05, 0.1) is 12.2 Å². The summed E-state index contributed by atoms with van der Waals surface area (Å²) in [5, 5.41) is 47.6. The van der Waals surface area contributed by atoms with Crippen LogP contribution in [0.5, 0.6) is 0 Å². The second-order valence-electron chi connectivity index (χ2n) is 4.75. The van der Waals surface area contributed by atoms with Crippen molar-refractivity contribution in [3.05, 3.63) is 11.9 Å². The Bertz CT molecular complexity index is 618. The van der Waals surface area contributed by atoms with Gasteiger partial charge in [-0.2, -0.15) is 5.11 Å². The number of fused-ring (bicyclic) bond motifs is 1. The first kappa shape index (κ1) is 14.9. The highest BCUT2D eigenvalue weighted by molar-refractivity contribution is 14.1. The lowest BCUT2D eigenvalue weighted by Crippen LogP contribution is -2.54. The van der Waals surface area contributed by atoms with E-state index in [-0.39, 0.29) is 17.2 Å². The first-order valence-corrected chi connectivity index (χ1v) is 7.03. The van der Waals surface area contributed by atoms with Crippen molar-refractivity contribution in [2.75, 3.05) is 12.3 Å². The molecule has 0 saturated carbocycles. The first-order valence-electron chi connectivity index (χ1n) is 5.95. The molecule has 3 rings (SSSR count). The fraction of sp³-hybridized carbons (Fsp3) is 0.600. The number of rotatable bonds is 2. The van der Waals surface area contributed by atoms with Crippen molar-refractivity contribution in [3.63, 3.8) is 0 Å². The van der Waals surface area contributed by atoms with Crippen LogP contribution < -0.4 is 5.73 Å². The Kier molecular flexibility index (Phi) is 3.38. The molecular weight excluding hydrogens is 397 g/mol. The lowest BCUT2D eigenvalue weighted by atomic mass is 9.94. The maximum atomic E-state index is 10.7. The number of hydrogen-bond donors (Lipinski definition) is 5. The van der Waals surface area contributed by atoms with Crippen molar-refractivity contribution in [3.8, 4) is 0 Å². The summed E-state index contributed by atoms with van der Waals surface area (Å²) in [6.45, 7) is -0.585. The maximum Gasteiger partial charge on any atom is 0.237 e. The van der Waals surface area contributed by atoms with E-state index >= 15 is 0 Å². The fourth-order valence-electron chi connectivity index (χ4n) is 2.42. The van der Waals surface area contributed by atoms with E-state index in [0.717, 1.165) is 0 Å². The first-order chi connectivity index (χ1) is 9.85. The third-order valence-corrected chi connectivity index (χ3v) is 5.09. The molecule has 6 N–H and O–H groups in total. The van der Waals surface area contributed by atoms with Crippen LogP contribution in [0.15, 0.2) is 16.6 Å². The van der Waals surface area contributed by atoms with Crippen LogP contribution in [0.1, 0.15) is 5.56 Å². The molecule has 0 aromatic carbocycles. The Morgan fingerprint density at radius 1 is 1.38 bits per heavy atom. The smallest absolute Gasteiger partial charge is 0.237 e. The molecule has 11 heteroatoms. The van der Waals surface area contributed by atoms with Crippen LogP contribution in [0.25, 0.3) is 0 Å². The number of ether oxygens (including phenoxy) is 1. The van der Waals surface area contributed by atoms with Gasteiger partial charge in [0.1, 0.15) is 30.5 Å². The SMILES string of the molecule is Nc1ncnc2c1C(I)([C@@]1(O)O[C@H](CO)[C@@H](O)[C@H]1O)N=N2. The molecule has 0 spiro atoms. The van der Waals surface area contributed by atoms with E-state index in [0.29, 0.717) is 0 Å². The average molecular weight is 409 g/mol. The summed E-state index contributed by atoms with van der Waals surface area (Å²) in [6.07, 6.45) is -3.19. The van der Waals surface area contributed by atoms with E-state index in [1.165, 1.54) is 6.33 Å². The van der Waals surface area contributed by atoms with Crippen LogP contribution in [0.2, 0.25) is 0 Å². The molecule has 2 aliphatic heterocycles. The number of alkyl halides is 1. The number of nitrogens with two attached hydrogens (primary N) is 1. The minimum Gasteiger partial charge on any atom is -0.394 e. The zero-order valence-electron chi connectivity index (χ0n) is 10.5. The molecule has 3 heterocycles. The van der Waals surface area contributed by atoms with Crippen LogP contribution in [-0.2, 0) is 8.28 Å². The van der Waals surface area contributed by atoms with Gasteiger partial charge >= 0.3 is 0 Å². The Balaban J connectivity index is 2.12. The van der Waals surface area contributed by atoms with Crippen LogP contribution in [-0.4, -0.2) is 61.1 Å². The lowest BCUT2D eigenvalue weighted by Gasteiger charge is -2.36. The van der Waals surface area contributed by atoms with Gasteiger partial charge in [-0.05, 0) is 22.6 Å². The summed E-state index contributed by atoms with van der Waals surface area (Å²) in [4.78, 5) is 7.70. The molecule has 1 unspecified atom stereocenters. The molecule has 10 nitrogen and oxygen atoms in total. The van der Waals surface area contributed by atoms with E-state index < -0.39 is 34.3 Å². The van der Waals surface area contributed by atoms with Gasteiger partial charge in [0.15, 0.2) is 5.82 Å². The summed E-state index contributed by atoms with van der Waals surface area (Å²) < 4.78 is 3.61. The largest absolute Gasteiger partial charge is 0.394 e. The molecule has 114 valence electrons. The van der Waals surface area contributed by atoms with Gasteiger partial charge in [-0.15, -0.1) is 5.11 Å². The standard InChI is InChI=1S/C10H12IN5O5/c11-9(4-7(12)13-2-14-8(4)15-16-9)10(20)6(19)5(18)3(1-17)21-10/h2-3,5-6,17-20H,1H2,(H2,12,13,14)/t3-,5-,6-,9?,10+/m1/s1. The van der Waals surface area contributed by atoms with Gasteiger partial charge in [0.2, 0.25) is 9.33 Å². The molecule has 5 atom stereocenters. The average Bonchev–Trinajstić information content (AvgIpc) is 2.93. The van der Waals surface area contributed by atoms with Gasteiger partial charge in [-0.3, -0.25) is 0 Å². The van der Waals surface area contributed by atoms with Crippen LogP contribution in [0.4, 0.5) is 11.6 Å². The number of aromatic nitrogens is 2. The molecule has 1 fully saturated rings. The van der Waals surface area contributed by atoms with Gasteiger partial charge in [0, 0.05) is 0 Å². The number of azo groups is 1. The quantitative estimate of drug-likeness (QED) is 0.225. The second-order valence-corrected chi connectivity index (χ2v) is 6.31. The normalized spacial score (nSPS) is 41.5. The van der Waals surface area contributed by atoms with Crippen LogP contribution >= 0.6 is 22.6 Å². The third kappa shape index (κ3) is 1.82. The predicted molar refractivity (Wildman–Crippen MR) is 75.6 cm³/mol. The third-order valence-electron chi connectivity index (χ3n) is 3.56. The highest BCUT2D eigenvalue weighted by Gasteiger charge is 2.67. The van der Waals surface area contributed by atoms with Crippen molar-refractivity contribution in [1.29, 1.82) is 0 Å². The summed E-state index contributed by atoms with van der Waals surface area (Å²) >= 11 is 1.70. The van der Waals surface area contributed by atoms with Crippen molar-refractivity contribution in [1.82, 2.24) is 9.97 Å². The molecule has 1 saturated heterocycles.